The molecule has 1 heterocycles. The number of ketones is 1. The van der Waals surface area contributed by atoms with E-state index in [9.17, 15) is 4.79 Å². The number of benzene rings is 2. The van der Waals surface area contributed by atoms with Crippen molar-refractivity contribution in [3.8, 4) is 16.9 Å². The molecule has 1 aliphatic carbocycles. The van der Waals surface area contributed by atoms with Gasteiger partial charge in [0.1, 0.15) is 5.75 Å². The Hall–Kier alpha value is -2.63. The largest absolute Gasteiger partial charge is 0.497 e. The predicted octanol–water partition coefficient (Wildman–Crippen LogP) is 6.44. The lowest BCUT2D eigenvalue weighted by Crippen LogP contribution is -2.36. The van der Waals surface area contributed by atoms with Crippen LogP contribution in [-0.4, -0.2) is 49.0 Å². The van der Waals surface area contributed by atoms with Crippen molar-refractivity contribution >= 4 is 34.0 Å². The van der Waals surface area contributed by atoms with Gasteiger partial charge in [-0.25, -0.2) is 0 Å². The summed E-state index contributed by atoms with van der Waals surface area (Å²) in [5.41, 5.74) is 4.40. The van der Waals surface area contributed by atoms with Crippen molar-refractivity contribution in [2.24, 2.45) is 0 Å². The number of hydrogen-bond acceptors (Lipinski definition) is 5. The SMILES string of the molecule is CCC(=O)c1cnc2ccc(-c3cc(Cl)cc(OC)c3)cc2c1NC1CCC(N(C)C)CC1. The van der Waals surface area contributed by atoms with Gasteiger partial charge in [0, 0.05) is 35.1 Å². The predicted molar refractivity (Wildman–Crippen MR) is 137 cm³/mol. The van der Waals surface area contributed by atoms with Crippen LogP contribution in [0.3, 0.4) is 0 Å². The molecule has 0 unspecified atom stereocenters. The van der Waals surface area contributed by atoms with Crippen LogP contribution >= 0.6 is 11.6 Å². The first kappa shape index (κ1) is 23.5. The number of carbonyl (C=O) groups excluding carboxylic acids is 1. The third kappa shape index (κ3) is 5.15. The summed E-state index contributed by atoms with van der Waals surface area (Å²) < 4.78 is 5.40. The van der Waals surface area contributed by atoms with Crippen molar-refractivity contribution in [1.29, 1.82) is 0 Å². The fraction of sp³-hybridized carbons (Fsp3) is 0.407. The Morgan fingerprint density at radius 1 is 1.12 bits per heavy atom. The maximum Gasteiger partial charge on any atom is 0.166 e. The van der Waals surface area contributed by atoms with Gasteiger partial charge < -0.3 is 15.0 Å². The lowest BCUT2D eigenvalue weighted by molar-refractivity contribution is 0.0988. The van der Waals surface area contributed by atoms with Crippen LogP contribution in [-0.2, 0) is 0 Å². The second-order valence-corrected chi connectivity index (χ2v) is 9.49. The monoisotopic (exact) mass is 465 g/mol. The van der Waals surface area contributed by atoms with Crippen molar-refractivity contribution in [1.82, 2.24) is 9.88 Å². The fourth-order valence-electron chi connectivity index (χ4n) is 4.72. The highest BCUT2D eigenvalue weighted by molar-refractivity contribution is 6.31. The minimum atomic E-state index is 0.101. The highest BCUT2D eigenvalue weighted by Gasteiger charge is 2.24. The Morgan fingerprint density at radius 2 is 1.88 bits per heavy atom. The van der Waals surface area contributed by atoms with E-state index < -0.39 is 0 Å². The molecule has 6 heteroatoms. The molecule has 0 spiro atoms. The molecular weight excluding hydrogens is 434 g/mol. The molecule has 1 aliphatic rings. The third-order valence-electron chi connectivity index (χ3n) is 6.71. The summed E-state index contributed by atoms with van der Waals surface area (Å²) in [6.07, 6.45) is 6.64. The number of pyridine rings is 1. The van der Waals surface area contributed by atoms with Crippen LogP contribution in [0, 0.1) is 0 Å². The number of ether oxygens (including phenoxy) is 1. The smallest absolute Gasteiger partial charge is 0.166 e. The molecule has 0 radical (unpaired) electrons. The molecule has 0 amide bonds. The van der Waals surface area contributed by atoms with E-state index >= 15 is 0 Å². The van der Waals surface area contributed by atoms with Crippen molar-refractivity contribution in [3.63, 3.8) is 0 Å². The molecule has 1 fully saturated rings. The topological polar surface area (TPSA) is 54.5 Å². The van der Waals surface area contributed by atoms with E-state index in [-0.39, 0.29) is 5.78 Å². The quantitative estimate of drug-likeness (QED) is 0.407. The minimum absolute atomic E-state index is 0.101. The number of Topliss-reactive ketones (excluding diaryl/α,β-unsaturated/α-hetero) is 1. The maximum absolute atomic E-state index is 12.8. The number of nitrogens with one attached hydrogen (secondary N) is 1. The number of rotatable bonds is 7. The summed E-state index contributed by atoms with van der Waals surface area (Å²) in [6, 6.07) is 12.8. The molecule has 1 aromatic heterocycles. The number of halogens is 1. The van der Waals surface area contributed by atoms with Crippen LogP contribution in [0.1, 0.15) is 49.4 Å². The maximum atomic E-state index is 12.8. The summed E-state index contributed by atoms with van der Waals surface area (Å²) in [4.78, 5) is 19.7. The molecule has 5 nitrogen and oxygen atoms in total. The van der Waals surface area contributed by atoms with E-state index in [1.807, 2.05) is 31.2 Å². The Morgan fingerprint density at radius 3 is 2.55 bits per heavy atom. The van der Waals surface area contributed by atoms with Crippen molar-refractivity contribution < 1.29 is 9.53 Å². The molecule has 174 valence electrons. The minimum Gasteiger partial charge on any atom is -0.497 e. The first-order valence-electron chi connectivity index (χ1n) is 11.6. The Bertz CT molecular complexity index is 1150. The summed E-state index contributed by atoms with van der Waals surface area (Å²) in [7, 11) is 5.94. The van der Waals surface area contributed by atoms with E-state index in [1.165, 1.54) is 0 Å². The zero-order chi connectivity index (χ0) is 23.5. The van der Waals surface area contributed by atoms with Crippen LogP contribution in [0.5, 0.6) is 5.75 Å². The van der Waals surface area contributed by atoms with E-state index in [2.05, 4.69) is 35.4 Å². The van der Waals surface area contributed by atoms with Gasteiger partial charge in [-0.15, -0.1) is 0 Å². The number of aromatic nitrogens is 1. The van der Waals surface area contributed by atoms with Gasteiger partial charge in [0.15, 0.2) is 5.78 Å². The molecular formula is C27H32ClN3O2. The van der Waals surface area contributed by atoms with Gasteiger partial charge in [0.25, 0.3) is 0 Å². The normalized spacial score (nSPS) is 18.5. The molecule has 0 atom stereocenters. The highest BCUT2D eigenvalue weighted by Crippen LogP contribution is 2.35. The second kappa shape index (κ2) is 10.1. The summed E-state index contributed by atoms with van der Waals surface area (Å²) in [6.45, 7) is 1.90. The van der Waals surface area contributed by atoms with Gasteiger partial charge in [-0.05, 0) is 81.2 Å². The van der Waals surface area contributed by atoms with E-state index in [0.717, 1.165) is 53.4 Å². The van der Waals surface area contributed by atoms with Crippen molar-refractivity contribution in [3.05, 3.63) is 53.2 Å². The zero-order valence-corrected chi connectivity index (χ0v) is 20.6. The number of nitrogens with zero attached hydrogens (tertiary/aromatic N) is 2. The Labute approximate surface area is 201 Å². The number of methoxy groups -OCH3 is 1. The molecule has 0 saturated heterocycles. The van der Waals surface area contributed by atoms with Crippen LogP contribution in [0.2, 0.25) is 5.02 Å². The van der Waals surface area contributed by atoms with Gasteiger partial charge in [-0.1, -0.05) is 24.6 Å². The molecule has 0 bridgehead atoms. The number of anilines is 1. The first-order chi connectivity index (χ1) is 15.9. The molecule has 0 aliphatic heterocycles. The highest BCUT2D eigenvalue weighted by atomic mass is 35.5. The molecule has 4 rings (SSSR count). The van der Waals surface area contributed by atoms with Crippen LogP contribution in [0.4, 0.5) is 5.69 Å². The van der Waals surface area contributed by atoms with E-state index in [4.69, 9.17) is 16.3 Å². The number of fused-ring (bicyclic) bond motifs is 1. The van der Waals surface area contributed by atoms with Gasteiger partial charge in [-0.3, -0.25) is 9.78 Å². The fourth-order valence-corrected chi connectivity index (χ4v) is 4.94. The van der Waals surface area contributed by atoms with Crippen molar-refractivity contribution in [2.75, 3.05) is 26.5 Å². The number of carbonyl (C=O) groups is 1. The lowest BCUT2D eigenvalue weighted by Gasteiger charge is -2.34. The van der Waals surface area contributed by atoms with Gasteiger partial charge >= 0.3 is 0 Å². The molecule has 3 aromatic rings. The number of hydrogen-bond donors (Lipinski definition) is 1. The van der Waals surface area contributed by atoms with E-state index in [1.54, 1.807) is 19.4 Å². The molecule has 1 saturated carbocycles. The Kier molecular flexibility index (Phi) is 7.20. The molecule has 33 heavy (non-hydrogen) atoms. The van der Waals surface area contributed by atoms with Gasteiger partial charge in [0.05, 0.1) is 23.9 Å². The van der Waals surface area contributed by atoms with Crippen molar-refractivity contribution in [2.45, 2.75) is 51.1 Å². The van der Waals surface area contributed by atoms with Gasteiger partial charge in [-0.2, -0.15) is 0 Å². The van der Waals surface area contributed by atoms with Crippen LogP contribution in [0.15, 0.2) is 42.6 Å². The lowest BCUT2D eigenvalue weighted by atomic mass is 9.90. The van der Waals surface area contributed by atoms with Crippen LogP contribution < -0.4 is 10.1 Å². The van der Waals surface area contributed by atoms with Gasteiger partial charge in [0.2, 0.25) is 0 Å². The van der Waals surface area contributed by atoms with E-state index in [0.29, 0.717) is 34.8 Å². The second-order valence-electron chi connectivity index (χ2n) is 9.05. The summed E-state index contributed by atoms with van der Waals surface area (Å²) in [5, 5.41) is 5.33. The first-order valence-corrected chi connectivity index (χ1v) is 12.0. The average molecular weight is 466 g/mol. The third-order valence-corrected chi connectivity index (χ3v) is 6.92. The summed E-state index contributed by atoms with van der Waals surface area (Å²) in [5.74, 6) is 0.810. The molecule has 2 aromatic carbocycles. The average Bonchev–Trinajstić information content (AvgIpc) is 2.83. The van der Waals surface area contributed by atoms with Crippen LogP contribution in [0.25, 0.3) is 22.0 Å². The molecule has 1 N–H and O–H groups in total. The summed E-state index contributed by atoms with van der Waals surface area (Å²) >= 11 is 6.32. The Balaban J connectivity index is 1.76. The zero-order valence-electron chi connectivity index (χ0n) is 19.8. The standard InChI is InChI=1S/C27H32ClN3O2/c1-5-26(32)24-16-29-25-11-6-17(18-12-19(28)15-22(13-18)33-4)14-23(25)27(24)30-20-7-9-21(10-8-20)31(2)3/h6,11-16,20-21H,5,7-10H2,1-4H3,(H,29,30).